The predicted octanol–water partition coefficient (Wildman–Crippen LogP) is 4.76. The van der Waals surface area contributed by atoms with E-state index in [9.17, 15) is 4.79 Å². The maximum absolute atomic E-state index is 11.8. The Kier molecular flexibility index (Phi) is 4.98. The first-order chi connectivity index (χ1) is 9.36. The van der Waals surface area contributed by atoms with Crippen LogP contribution in [-0.4, -0.2) is 12.1 Å². The van der Waals surface area contributed by atoms with E-state index in [1.54, 1.807) is 6.07 Å². The minimum atomic E-state index is -0.0973. The molecule has 0 saturated carbocycles. The summed E-state index contributed by atoms with van der Waals surface area (Å²) in [6, 6.07) is 5.57. The molecule has 110 valence electrons. The highest BCUT2D eigenvalue weighted by atomic mass is 35.5. The smallest absolute Gasteiger partial charge is 0.306 e. The van der Waals surface area contributed by atoms with Crippen molar-refractivity contribution in [1.29, 1.82) is 0 Å². The van der Waals surface area contributed by atoms with Gasteiger partial charge in [-0.25, -0.2) is 0 Å². The number of esters is 1. The van der Waals surface area contributed by atoms with Crippen LogP contribution >= 0.6 is 23.2 Å². The monoisotopic (exact) mass is 314 g/mol. The van der Waals surface area contributed by atoms with Crippen LogP contribution in [0.2, 0.25) is 10.0 Å². The van der Waals surface area contributed by atoms with Gasteiger partial charge in [-0.3, -0.25) is 4.79 Å². The largest absolute Gasteiger partial charge is 0.462 e. The molecule has 0 N–H and O–H groups in total. The molecule has 2 rings (SSSR count). The first-order valence-electron chi connectivity index (χ1n) is 7.01. The molecule has 3 atom stereocenters. The van der Waals surface area contributed by atoms with Crippen molar-refractivity contribution in [2.45, 2.75) is 39.7 Å². The van der Waals surface area contributed by atoms with Gasteiger partial charge in [0.25, 0.3) is 0 Å². The minimum Gasteiger partial charge on any atom is -0.462 e. The number of ether oxygens (including phenoxy) is 1. The van der Waals surface area contributed by atoms with Gasteiger partial charge in [0.05, 0.1) is 0 Å². The molecule has 1 aromatic rings. The van der Waals surface area contributed by atoms with Gasteiger partial charge in [-0.15, -0.1) is 0 Å². The van der Waals surface area contributed by atoms with E-state index in [-0.39, 0.29) is 18.0 Å². The van der Waals surface area contributed by atoms with Crippen molar-refractivity contribution in [2.75, 3.05) is 0 Å². The number of benzene rings is 1. The molecule has 1 saturated heterocycles. The number of rotatable bonds is 3. The summed E-state index contributed by atoms with van der Waals surface area (Å²) >= 11 is 12.1. The first-order valence-corrected chi connectivity index (χ1v) is 7.77. The number of halogens is 2. The molecule has 2 nitrogen and oxygen atoms in total. The van der Waals surface area contributed by atoms with Gasteiger partial charge >= 0.3 is 5.97 Å². The Bertz CT molecular complexity index is 479. The summed E-state index contributed by atoms with van der Waals surface area (Å²) in [7, 11) is 0. The first kappa shape index (κ1) is 15.7. The third-order valence-electron chi connectivity index (χ3n) is 4.04. The van der Waals surface area contributed by atoms with Crippen molar-refractivity contribution in [3.63, 3.8) is 0 Å². The van der Waals surface area contributed by atoms with Crippen LogP contribution < -0.4 is 0 Å². The van der Waals surface area contributed by atoms with Gasteiger partial charge < -0.3 is 4.74 Å². The zero-order valence-electron chi connectivity index (χ0n) is 12.0. The number of hydrogen-bond donors (Lipinski definition) is 0. The molecule has 4 heteroatoms. The lowest BCUT2D eigenvalue weighted by Gasteiger charge is -2.37. The van der Waals surface area contributed by atoms with Crippen LogP contribution in [0, 0.1) is 17.8 Å². The molecule has 1 aromatic carbocycles. The van der Waals surface area contributed by atoms with Gasteiger partial charge in [-0.2, -0.15) is 0 Å². The average molecular weight is 315 g/mol. The van der Waals surface area contributed by atoms with Gasteiger partial charge in [0.1, 0.15) is 6.10 Å². The third kappa shape index (κ3) is 3.67. The zero-order chi connectivity index (χ0) is 14.9. The Hall–Kier alpha value is -0.730. The fraction of sp³-hybridized carbons (Fsp3) is 0.562. The van der Waals surface area contributed by atoms with Gasteiger partial charge in [0.2, 0.25) is 0 Å². The van der Waals surface area contributed by atoms with Crippen molar-refractivity contribution in [3.8, 4) is 0 Å². The van der Waals surface area contributed by atoms with E-state index in [1.165, 1.54) is 0 Å². The standard InChI is InChI=1S/C16H20Cl2O2/c1-9(2)16-10(3)12(7-15(19)20-16)4-11-5-13(17)8-14(18)6-11/h5-6,8-10,12,16H,4,7H2,1-3H3/t10-,12?,16+/m0/s1. The molecule has 1 fully saturated rings. The normalized spacial score (nSPS) is 26.7. The zero-order valence-corrected chi connectivity index (χ0v) is 13.5. The predicted molar refractivity (Wildman–Crippen MR) is 82.2 cm³/mol. The lowest BCUT2D eigenvalue weighted by atomic mass is 9.77. The second kappa shape index (κ2) is 6.36. The molecule has 0 radical (unpaired) electrons. The number of cyclic esters (lactones) is 1. The van der Waals surface area contributed by atoms with Crippen LogP contribution in [-0.2, 0) is 16.0 Å². The molecule has 1 heterocycles. The topological polar surface area (TPSA) is 26.3 Å². The average Bonchev–Trinajstić information content (AvgIpc) is 2.31. The van der Waals surface area contributed by atoms with Crippen LogP contribution in [0.4, 0.5) is 0 Å². The molecule has 0 spiro atoms. The quantitative estimate of drug-likeness (QED) is 0.752. The lowest BCUT2D eigenvalue weighted by molar-refractivity contribution is -0.166. The van der Waals surface area contributed by atoms with E-state index in [0.29, 0.717) is 28.3 Å². The Labute approximate surface area is 130 Å². The fourth-order valence-electron chi connectivity index (χ4n) is 3.01. The summed E-state index contributed by atoms with van der Waals surface area (Å²) in [4.78, 5) is 11.8. The Morgan fingerprint density at radius 2 is 1.85 bits per heavy atom. The Balaban J connectivity index is 2.16. The maximum atomic E-state index is 11.8. The molecule has 1 aliphatic rings. The Morgan fingerprint density at radius 3 is 2.40 bits per heavy atom. The SMILES string of the molecule is CC(C)[C@H]1OC(=O)CC(Cc2cc(Cl)cc(Cl)c2)[C@@H]1C. The van der Waals surface area contributed by atoms with Crippen LogP contribution in [0.25, 0.3) is 0 Å². The van der Waals surface area contributed by atoms with Crippen molar-refractivity contribution in [3.05, 3.63) is 33.8 Å². The second-order valence-corrected chi connectivity index (χ2v) is 6.88. The van der Waals surface area contributed by atoms with Crippen molar-refractivity contribution in [2.24, 2.45) is 17.8 Å². The van der Waals surface area contributed by atoms with E-state index >= 15 is 0 Å². The van der Waals surface area contributed by atoms with Gasteiger partial charge in [-0.1, -0.05) is 44.0 Å². The van der Waals surface area contributed by atoms with E-state index < -0.39 is 0 Å². The molecule has 0 amide bonds. The second-order valence-electron chi connectivity index (χ2n) is 6.00. The summed E-state index contributed by atoms with van der Waals surface area (Å²) in [6.45, 7) is 6.34. The van der Waals surface area contributed by atoms with E-state index in [4.69, 9.17) is 27.9 Å². The van der Waals surface area contributed by atoms with Crippen LogP contribution in [0.5, 0.6) is 0 Å². The third-order valence-corrected chi connectivity index (χ3v) is 4.47. The summed E-state index contributed by atoms with van der Waals surface area (Å²) in [5.74, 6) is 0.850. The van der Waals surface area contributed by atoms with E-state index in [0.717, 1.165) is 12.0 Å². The molecule has 0 bridgehead atoms. The number of carbonyl (C=O) groups excluding carboxylic acids is 1. The number of carbonyl (C=O) groups is 1. The summed E-state index contributed by atoms with van der Waals surface area (Å²) in [5, 5.41) is 1.28. The highest BCUT2D eigenvalue weighted by Gasteiger charge is 2.37. The summed E-state index contributed by atoms with van der Waals surface area (Å²) in [5.41, 5.74) is 1.08. The summed E-state index contributed by atoms with van der Waals surface area (Å²) < 4.78 is 5.48. The minimum absolute atomic E-state index is 0.00379. The van der Waals surface area contributed by atoms with Gasteiger partial charge in [0.15, 0.2) is 0 Å². The molecule has 20 heavy (non-hydrogen) atoms. The van der Waals surface area contributed by atoms with E-state index in [1.807, 2.05) is 12.1 Å². The molecular weight excluding hydrogens is 295 g/mol. The summed E-state index contributed by atoms with van der Waals surface area (Å²) in [6.07, 6.45) is 1.27. The van der Waals surface area contributed by atoms with Gasteiger partial charge in [0, 0.05) is 16.5 Å². The molecule has 1 unspecified atom stereocenters. The van der Waals surface area contributed by atoms with Crippen molar-refractivity contribution < 1.29 is 9.53 Å². The highest BCUT2D eigenvalue weighted by molar-refractivity contribution is 6.34. The highest BCUT2D eigenvalue weighted by Crippen LogP contribution is 2.34. The molecule has 0 aromatic heterocycles. The van der Waals surface area contributed by atoms with Crippen LogP contribution in [0.15, 0.2) is 18.2 Å². The maximum Gasteiger partial charge on any atom is 0.306 e. The van der Waals surface area contributed by atoms with Gasteiger partial charge in [-0.05, 0) is 47.9 Å². The van der Waals surface area contributed by atoms with Crippen molar-refractivity contribution >= 4 is 29.2 Å². The lowest BCUT2D eigenvalue weighted by Crippen LogP contribution is -2.41. The van der Waals surface area contributed by atoms with E-state index in [2.05, 4.69) is 20.8 Å². The van der Waals surface area contributed by atoms with Crippen LogP contribution in [0.3, 0.4) is 0 Å². The molecule has 0 aliphatic carbocycles. The van der Waals surface area contributed by atoms with Crippen LogP contribution in [0.1, 0.15) is 32.8 Å². The van der Waals surface area contributed by atoms with Crippen molar-refractivity contribution in [1.82, 2.24) is 0 Å². The fourth-order valence-corrected chi connectivity index (χ4v) is 3.58. The number of hydrogen-bond acceptors (Lipinski definition) is 2. The molecule has 1 aliphatic heterocycles. The Morgan fingerprint density at radius 1 is 1.25 bits per heavy atom. The molecular formula is C16H20Cl2O2.